The zero-order valence-corrected chi connectivity index (χ0v) is 15.7. The number of hydrogen-bond acceptors (Lipinski definition) is 3. The fourth-order valence-electron chi connectivity index (χ4n) is 2.84. The van der Waals surface area contributed by atoms with Crippen LogP contribution in [0.1, 0.15) is 18.1 Å². The fourth-order valence-corrected chi connectivity index (χ4v) is 3.07. The molecule has 0 aliphatic carbocycles. The lowest BCUT2D eigenvalue weighted by atomic mass is 9.98. The molecular weight excluding hydrogens is 362 g/mol. The second-order valence-electron chi connectivity index (χ2n) is 6.32. The van der Waals surface area contributed by atoms with Crippen molar-refractivity contribution < 1.29 is 14.3 Å². The van der Waals surface area contributed by atoms with Crippen LogP contribution in [-0.2, 0) is 22.6 Å². The molecule has 0 spiro atoms. The summed E-state index contributed by atoms with van der Waals surface area (Å²) in [5.41, 5.74) is 1.65. The van der Waals surface area contributed by atoms with Crippen molar-refractivity contribution in [1.29, 1.82) is 0 Å². The SMILES string of the molecule is C[C@H](NC(=O)OCc1ccccc1)C(=O)Cc1c(Cl)ccc2ccccc12. The quantitative estimate of drug-likeness (QED) is 0.659. The first kappa shape index (κ1) is 18.9. The number of ketones is 1. The van der Waals surface area contributed by atoms with E-state index >= 15 is 0 Å². The molecule has 0 fully saturated rings. The van der Waals surface area contributed by atoms with Gasteiger partial charge in [0.2, 0.25) is 0 Å². The van der Waals surface area contributed by atoms with Gasteiger partial charge >= 0.3 is 6.09 Å². The van der Waals surface area contributed by atoms with E-state index in [-0.39, 0.29) is 18.8 Å². The highest BCUT2D eigenvalue weighted by molar-refractivity contribution is 6.32. The standard InChI is InChI=1S/C22H20ClNO3/c1-15(24-22(26)27-14-16-7-3-2-4-8-16)21(25)13-19-18-10-6-5-9-17(18)11-12-20(19)23/h2-12,15H,13-14H2,1H3,(H,24,26)/t15-/m0/s1. The molecule has 3 rings (SSSR count). The Bertz CT molecular complexity index is 956. The van der Waals surface area contributed by atoms with Gasteiger partial charge in [0.05, 0.1) is 6.04 Å². The number of rotatable bonds is 6. The summed E-state index contributed by atoms with van der Waals surface area (Å²) in [5.74, 6) is -0.134. The first-order valence-electron chi connectivity index (χ1n) is 8.70. The lowest BCUT2D eigenvalue weighted by Crippen LogP contribution is -2.39. The number of ether oxygens (including phenoxy) is 1. The molecule has 0 radical (unpaired) electrons. The van der Waals surface area contributed by atoms with Gasteiger partial charge in [-0.3, -0.25) is 4.79 Å². The minimum atomic E-state index is -0.677. The van der Waals surface area contributed by atoms with Crippen LogP contribution in [0.15, 0.2) is 66.7 Å². The van der Waals surface area contributed by atoms with Crippen LogP contribution in [0.5, 0.6) is 0 Å². The van der Waals surface area contributed by atoms with Gasteiger partial charge in [-0.25, -0.2) is 4.79 Å². The third-order valence-electron chi connectivity index (χ3n) is 4.36. The summed E-state index contributed by atoms with van der Waals surface area (Å²) in [5, 5.41) is 5.09. The molecule has 4 nitrogen and oxygen atoms in total. The van der Waals surface area contributed by atoms with E-state index in [4.69, 9.17) is 16.3 Å². The van der Waals surface area contributed by atoms with E-state index < -0.39 is 12.1 Å². The summed E-state index contributed by atoms with van der Waals surface area (Å²) in [4.78, 5) is 24.5. The molecule has 0 aliphatic rings. The number of halogens is 1. The minimum Gasteiger partial charge on any atom is -0.445 e. The number of carbonyl (C=O) groups excluding carboxylic acids is 2. The number of benzene rings is 3. The Morgan fingerprint density at radius 2 is 1.70 bits per heavy atom. The predicted octanol–water partition coefficient (Wildman–Crippen LogP) is 4.92. The summed E-state index contributed by atoms with van der Waals surface area (Å²) < 4.78 is 5.16. The van der Waals surface area contributed by atoms with Crippen molar-refractivity contribution in [3.63, 3.8) is 0 Å². The second kappa shape index (κ2) is 8.69. The number of Topliss-reactive ketones (excluding diaryl/α,β-unsaturated/α-hetero) is 1. The molecule has 1 amide bonds. The Labute approximate surface area is 163 Å². The highest BCUT2D eigenvalue weighted by Gasteiger charge is 2.19. The van der Waals surface area contributed by atoms with Crippen molar-refractivity contribution in [3.05, 3.63) is 82.9 Å². The van der Waals surface area contributed by atoms with Crippen molar-refractivity contribution in [2.24, 2.45) is 0 Å². The molecular formula is C22H20ClNO3. The maximum Gasteiger partial charge on any atom is 0.408 e. The summed E-state index contributed by atoms with van der Waals surface area (Å²) >= 11 is 6.31. The first-order valence-corrected chi connectivity index (χ1v) is 9.08. The van der Waals surface area contributed by atoms with E-state index in [2.05, 4.69) is 5.32 Å². The minimum absolute atomic E-state index is 0.134. The molecule has 1 atom stereocenters. The van der Waals surface area contributed by atoms with Gasteiger partial charge in [0.25, 0.3) is 0 Å². The van der Waals surface area contributed by atoms with Crippen LogP contribution >= 0.6 is 11.6 Å². The van der Waals surface area contributed by atoms with E-state index in [1.165, 1.54) is 0 Å². The lowest BCUT2D eigenvalue weighted by Gasteiger charge is -2.15. The van der Waals surface area contributed by atoms with Crippen molar-refractivity contribution in [2.75, 3.05) is 0 Å². The largest absolute Gasteiger partial charge is 0.445 e. The Kier molecular flexibility index (Phi) is 6.09. The second-order valence-corrected chi connectivity index (χ2v) is 6.73. The van der Waals surface area contributed by atoms with E-state index in [0.29, 0.717) is 5.02 Å². The number of carbonyl (C=O) groups is 2. The van der Waals surface area contributed by atoms with E-state index in [1.807, 2.05) is 60.7 Å². The smallest absolute Gasteiger partial charge is 0.408 e. The molecule has 27 heavy (non-hydrogen) atoms. The summed E-state index contributed by atoms with van der Waals surface area (Å²) in [6.45, 7) is 1.80. The van der Waals surface area contributed by atoms with Gasteiger partial charge in [0.1, 0.15) is 6.61 Å². The Morgan fingerprint density at radius 3 is 2.48 bits per heavy atom. The highest BCUT2D eigenvalue weighted by Crippen LogP contribution is 2.27. The third-order valence-corrected chi connectivity index (χ3v) is 4.72. The number of amides is 1. The Balaban J connectivity index is 1.61. The topological polar surface area (TPSA) is 55.4 Å². The monoisotopic (exact) mass is 381 g/mol. The van der Waals surface area contributed by atoms with Crippen LogP contribution in [0.3, 0.4) is 0 Å². The highest BCUT2D eigenvalue weighted by atomic mass is 35.5. The van der Waals surface area contributed by atoms with Crippen LogP contribution in [0.4, 0.5) is 4.79 Å². The van der Waals surface area contributed by atoms with E-state index in [1.54, 1.807) is 13.0 Å². The molecule has 0 unspecified atom stereocenters. The summed E-state index contributed by atoms with van der Waals surface area (Å²) in [6.07, 6.45) is -0.482. The van der Waals surface area contributed by atoms with Gasteiger partial charge in [0.15, 0.2) is 5.78 Å². The molecule has 138 valence electrons. The van der Waals surface area contributed by atoms with Crippen LogP contribution in [-0.4, -0.2) is 17.9 Å². The molecule has 0 heterocycles. The van der Waals surface area contributed by atoms with Gasteiger partial charge < -0.3 is 10.1 Å². The number of nitrogens with one attached hydrogen (secondary N) is 1. The molecule has 3 aromatic rings. The molecule has 3 aromatic carbocycles. The maximum absolute atomic E-state index is 12.6. The van der Waals surface area contributed by atoms with Gasteiger partial charge in [-0.2, -0.15) is 0 Å². The molecule has 0 aliphatic heterocycles. The molecule has 0 aromatic heterocycles. The van der Waals surface area contributed by atoms with Gasteiger partial charge in [-0.05, 0) is 34.9 Å². The van der Waals surface area contributed by atoms with Gasteiger partial charge in [-0.15, -0.1) is 0 Å². The maximum atomic E-state index is 12.6. The fraction of sp³-hybridized carbons (Fsp3) is 0.182. The van der Waals surface area contributed by atoms with Crippen LogP contribution < -0.4 is 5.32 Å². The first-order chi connectivity index (χ1) is 13.0. The molecule has 5 heteroatoms. The Hall–Kier alpha value is -2.85. The van der Waals surface area contributed by atoms with Gasteiger partial charge in [0, 0.05) is 11.4 Å². The third kappa shape index (κ3) is 4.86. The van der Waals surface area contributed by atoms with Crippen molar-refractivity contribution in [1.82, 2.24) is 5.32 Å². The van der Waals surface area contributed by atoms with Crippen LogP contribution in [0, 0.1) is 0 Å². The van der Waals surface area contributed by atoms with Crippen molar-refractivity contribution in [2.45, 2.75) is 26.0 Å². The predicted molar refractivity (Wildman–Crippen MR) is 107 cm³/mol. The molecule has 0 saturated heterocycles. The van der Waals surface area contributed by atoms with Crippen LogP contribution in [0.25, 0.3) is 10.8 Å². The van der Waals surface area contributed by atoms with Crippen molar-refractivity contribution in [3.8, 4) is 0 Å². The number of alkyl carbamates (subject to hydrolysis) is 1. The average Bonchev–Trinajstić information content (AvgIpc) is 2.69. The molecule has 0 bridgehead atoms. The Morgan fingerprint density at radius 1 is 1.00 bits per heavy atom. The number of hydrogen-bond donors (Lipinski definition) is 1. The lowest BCUT2D eigenvalue weighted by molar-refractivity contribution is -0.119. The summed E-state index contributed by atoms with van der Waals surface area (Å²) in [7, 11) is 0. The molecule has 0 saturated carbocycles. The van der Waals surface area contributed by atoms with Crippen molar-refractivity contribution >= 4 is 34.2 Å². The molecule has 1 N–H and O–H groups in total. The average molecular weight is 382 g/mol. The zero-order valence-electron chi connectivity index (χ0n) is 14.9. The van der Waals surface area contributed by atoms with Crippen LogP contribution in [0.2, 0.25) is 5.02 Å². The van der Waals surface area contributed by atoms with E-state index in [9.17, 15) is 9.59 Å². The number of fused-ring (bicyclic) bond motifs is 1. The normalized spacial score (nSPS) is 11.8. The van der Waals surface area contributed by atoms with E-state index in [0.717, 1.165) is 21.9 Å². The van der Waals surface area contributed by atoms with Gasteiger partial charge in [-0.1, -0.05) is 72.3 Å². The summed E-state index contributed by atoms with van der Waals surface area (Å²) in [6, 6.07) is 20.2. The zero-order chi connectivity index (χ0) is 19.2.